The van der Waals surface area contributed by atoms with Crippen molar-refractivity contribution in [2.45, 2.75) is 208 Å². The van der Waals surface area contributed by atoms with Crippen molar-refractivity contribution in [2.24, 2.45) is 0 Å². The van der Waals surface area contributed by atoms with E-state index < -0.39 is 183 Å². The maximum atomic E-state index is 13.8. The molecule has 4 aliphatic heterocycles. The number of carbonyl (C=O) groups is 4. The minimum atomic E-state index is -5.41. The van der Waals surface area contributed by atoms with Gasteiger partial charge in [-0.1, -0.05) is 64.4 Å². The van der Waals surface area contributed by atoms with E-state index in [4.69, 9.17) is 37.9 Å². The summed E-state index contributed by atoms with van der Waals surface area (Å²) in [4.78, 5) is 51.1. The molecule has 5 rings (SSSR count). The van der Waals surface area contributed by atoms with Crippen LogP contribution in [-0.4, -0.2) is 238 Å². The van der Waals surface area contributed by atoms with Crippen LogP contribution in [0.2, 0.25) is 0 Å². The fraction of sp³-hybridized carbons (Fsp3) is 0.792. The molecule has 29 nitrogen and oxygen atoms in total. The van der Waals surface area contributed by atoms with Gasteiger partial charge in [0.25, 0.3) is 5.91 Å². The van der Waals surface area contributed by atoms with Crippen LogP contribution in [0.1, 0.15) is 95.8 Å². The molecule has 0 aromatic heterocycles. The average molecular weight is 1140 g/mol. The lowest BCUT2D eigenvalue weighted by molar-refractivity contribution is -0.361. The van der Waals surface area contributed by atoms with E-state index in [0.29, 0.717) is 12.4 Å². The molecule has 0 bridgehead atoms. The van der Waals surface area contributed by atoms with E-state index in [0.717, 1.165) is 46.5 Å². The third-order valence-electron chi connectivity index (χ3n) is 13.6. The minimum Gasteiger partial charge on any atom is -0.726 e. The number of rotatable bonds is 28. The average Bonchev–Trinajstić information content (AvgIpc) is 3.47. The first-order valence-corrected chi connectivity index (χ1v) is 27.3. The van der Waals surface area contributed by atoms with Crippen LogP contribution in [0.15, 0.2) is 24.3 Å². The summed E-state index contributed by atoms with van der Waals surface area (Å²) in [6.45, 7) is 1.58. The zero-order valence-corrected chi connectivity index (χ0v) is 44.5. The van der Waals surface area contributed by atoms with Gasteiger partial charge in [-0.25, -0.2) is 8.42 Å². The van der Waals surface area contributed by atoms with Gasteiger partial charge >= 0.3 is 0 Å². The first-order chi connectivity index (χ1) is 37.0. The predicted octanol–water partition coefficient (Wildman–Crippen LogP) is -4.49. The molecule has 4 saturated heterocycles. The fourth-order valence-electron chi connectivity index (χ4n) is 9.64. The number of aliphatic hydroxyl groups is 9. The Bertz CT molecular complexity index is 2170. The highest BCUT2D eigenvalue weighted by Crippen LogP contribution is 2.35. The monoisotopic (exact) mass is 1140 g/mol. The molecular formula is C48H77N4O25S-. The van der Waals surface area contributed by atoms with Gasteiger partial charge < -0.3 is 110 Å². The second kappa shape index (κ2) is 30.8. The van der Waals surface area contributed by atoms with Gasteiger partial charge in [0, 0.05) is 26.3 Å². The molecule has 4 fully saturated rings. The molecular weight excluding hydrogens is 1060 g/mol. The molecule has 446 valence electrons. The highest BCUT2D eigenvalue weighted by molar-refractivity contribution is 7.80. The van der Waals surface area contributed by atoms with Crippen LogP contribution in [0.5, 0.6) is 5.75 Å². The smallest absolute Gasteiger partial charge is 0.251 e. The van der Waals surface area contributed by atoms with E-state index >= 15 is 0 Å². The maximum Gasteiger partial charge on any atom is 0.251 e. The van der Waals surface area contributed by atoms with Crippen LogP contribution >= 0.6 is 0 Å². The fourth-order valence-corrected chi connectivity index (χ4v) is 9.94. The molecule has 4 amide bonds. The lowest BCUT2D eigenvalue weighted by Gasteiger charge is -2.51. The molecule has 1 aromatic carbocycles. The second-order valence-electron chi connectivity index (χ2n) is 19.6. The van der Waals surface area contributed by atoms with Gasteiger partial charge in [-0.3, -0.25) is 23.4 Å². The standard InChI is InChI=1S/C48H78N4O25S/c1-5-6-7-8-9-10-11-12-13-17-69-27-16-14-15-26(18-27)44(64)52-33-37(60)36(59)28(19-53)72-46(33)75-41-29(20-54)73-47(34(39(41)62)50-24(3)57)76-42-30(21-55)74-48(35(40(42)63)51-25(4)58)77-43-31(22-70-78(66,67)68)71-45(65)32(38(43)61)49-23(2)56/h14-16,18,28-43,45-48,53-55,59-63,65H,5-13,17,19-22H2,1-4H3,(H,49,56)(H,50,57)(H,51,58)(H,52,64)(H,66,67,68)/p-1/t28?,29-,30?,31-,32?,33-,34?,35-,36+,37+,38?,39?,40?,41+,42+,43+,45?,46?,47?,48-/m0/s1. The van der Waals surface area contributed by atoms with E-state index in [9.17, 15) is 78.1 Å². The summed E-state index contributed by atoms with van der Waals surface area (Å²) in [5, 5.41) is 109. The van der Waals surface area contributed by atoms with Crippen molar-refractivity contribution < 1.29 is 120 Å². The van der Waals surface area contributed by atoms with E-state index in [1.54, 1.807) is 12.1 Å². The van der Waals surface area contributed by atoms with Crippen molar-refractivity contribution in [3.8, 4) is 5.75 Å². The summed E-state index contributed by atoms with van der Waals surface area (Å²) in [5.74, 6) is -2.84. The number of carbonyl (C=O) groups excluding carboxylic acids is 4. The Kier molecular flexibility index (Phi) is 25.7. The number of ether oxygens (including phenoxy) is 8. The molecule has 30 heteroatoms. The predicted molar refractivity (Wildman–Crippen MR) is 262 cm³/mol. The van der Waals surface area contributed by atoms with Crippen molar-refractivity contribution in [2.75, 3.05) is 33.0 Å². The Morgan fingerprint density at radius 3 is 1.47 bits per heavy atom. The van der Waals surface area contributed by atoms with E-state index in [1.807, 2.05) is 0 Å². The molecule has 1 aromatic rings. The van der Waals surface area contributed by atoms with Gasteiger partial charge in [0.2, 0.25) is 28.1 Å². The molecule has 4 aliphatic rings. The molecule has 13 N–H and O–H groups in total. The topological polar surface area (TPSA) is 439 Å². The van der Waals surface area contributed by atoms with E-state index in [-0.39, 0.29) is 5.56 Å². The Morgan fingerprint density at radius 1 is 0.564 bits per heavy atom. The largest absolute Gasteiger partial charge is 0.726 e. The lowest BCUT2D eigenvalue weighted by Crippen LogP contribution is -2.71. The molecule has 78 heavy (non-hydrogen) atoms. The van der Waals surface area contributed by atoms with Crippen molar-refractivity contribution in [1.82, 2.24) is 21.3 Å². The molecule has 10 unspecified atom stereocenters. The van der Waals surface area contributed by atoms with Crippen LogP contribution in [0.4, 0.5) is 0 Å². The summed E-state index contributed by atoms with van der Waals surface area (Å²) in [7, 11) is -5.41. The minimum absolute atomic E-state index is 0.0706. The lowest BCUT2D eigenvalue weighted by atomic mass is 9.93. The van der Waals surface area contributed by atoms with Crippen molar-refractivity contribution in [1.29, 1.82) is 0 Å². The second-order valence-corrected chi connectivity index (χ2v) is 20.6. The Hall–Kier alpha value is -3.87. The van der Waals surface area contributed by atoms with Crippen LogP contribution in [-0.2, 0) is 62.1 Å². The number of amides is 4. The summed E-state index contributed by atoms with van der Waals surface area (Å²) in [6, 6.07) is -0.636. The number of unbranched alkanes of at least 4 members (excludes halogenated alkanes) is 8. The number of aliphatic hydroxyl groups excluding tert-OH is 9. The van der Waals surface area contributed by atoms with Gasteiger partial charge in [-0.05, 0) is 24.6 Å². The highest BCUT2D eigenvalue weighted by atomic mass is 32.3. The molecule has 0 spiro atoms. The third kappa shape index (κ3) is 18.1. The number of nitrogens with one attached hydrogen (secondary N) is 4. The van der Waals surface area contributed by atoms with Gasteiger partial charge in [-0.15, -0.1) is 0 Å². The van der Waals surface area contributed by atoms with Gasteiger partial charge in [-0.2, -0.15) is 0 Å². The maximum absolute atomic E-state index is 13.8. The number of hydrogen-bond acceptors (Lipinski definition) is 25. The van der Waals surface area contributed by atoms with Gasteiger partial charge in [0.1, 0.15) is 103 Å². The van der Waals surface area contributed by atoms with Gasteiger partial charge in [0.15, 0.2) is 25.2 Å². The van der Waals surface area contributed by atoms with Crippen LogP contribution in [0.3, 0.4) is 0 Å². The van der Waals surface area contributed by atoms with Crippen LogP contribution in [0, 0.1) is 0 Å². The first kappa shape index (κ1) is 64.9. The Labute approximate surface area is 451 Å². The van der Waals surface area contributed by atoms with E-state index in [1.165, 1.54) is 44.2 Å². The first-order valence-electron chi connectivity index (χ1n) is 26.0. The zero-order chi connectivity index (χ0) is 57.4. The van der Waals surface area contributed by atoms with Crippen LogP contribution in [0.25, 0.3) is 0 Å². The molecule has 0 saturated carbocycles. The summed E-state index contributed by atoms with van der Waals surface area (Å²) >= 11 is 0. The highest BCUT2D eigenvalue weighted by Gasteiger charge is 2.56. The van der Waals surface area contributed by atoms with Crippen molar-refractivity contribution in [3.63, 3.8) is 0 Å². The SMILES string of the molecule is CCCCCCCCCCCOc1cccc(C(=O)N[C@@H]2C(O[C@H]3C(O)C(NC(C)=O)C(O[C@@H]4C(CO)O[C@@H](O[C@H]5C(O)C(NC(C)=O)C(O)O[C@H]5COS(=O)(=O)[O-])[C@@H](NC(C)=O)C4O)O[C@H]3CO)OC(CO)[C@@H](O)[C@@H]2O)c1. The molecule has 20 atom stereocenters. The number of hydrogen-bond donors (Lipinski definition) is 13. The van der Waals surface area contributed by atoms with Crippen molar-refractivity contribution >= 4 is 34.0 Å². The Balaban J connectivity index is 1.34. The summed E-state index contributed by atoms with van der Waals surface area (Å²) in [5.41, 5.74) is 0.0706. The molecule has 0 aliphatic carbocycles. The quantitative estimate of drug-likeness (QED) is 0.0214. The zero-order valence-electron chi connectivity index (χ0n) is 43.7. The van der Waals surface area contributed by atoms with E-state index in [2.05, 4.69) is 32.4 Å². The number of benzene rings is 1. The normalized spacial score (nSPS) is 35.3. The molecule has 4 heterocycles. The van der Waals surface area contributed by atoms with Crippen LogP contribution < -0.4 is 26.0 Å². The molecule has 0 radical (unpaired) electrons. The Morgan fingerprint density at radius 2 is 1.00 bits per heavy atom. The third-order valence-corrected chi connectivity index (χ3v) is 14.0. The van der Waals surface area contributed by atoms with Crippen molar-refractivity contribution in [3.05, 3.63) is 29.8 Å². The van der Waals surface area contributed by atoms with Gasteiger partial charge in [0.05, 0.1) is 33.0 Å². The summed E-state index contributed by atoms with van der Waals surface area (Å²) < 4.78 is 85.7. The summed E-state index contributed by atoms with van der Waals surface area (Å²) in [6.07, 6.45) is -19.6.